The summed E-state index contributed by atoms with van der Waals surface area (Å²) in [5.74, 6) is -0.760. The molecule has 180 valence electrons. The number of carbonyl (C=O) groups excluding carboxylic acids is 1. The Morgan fingerprint density at radius 1 is 0.944 bits per heavy atom. The Kier molecular flexibility index (Phi) is 7.72. The van der Waals surface area contributed by atoms with Crippen LogP contribution in [0.1, 0.15) is 29.2 Å². The van der Waals surface area contributed by atoms with Crippen LogP contribution in [-0.2, 0) is 0 Å². The van der Waals surface area contributed by atoms with E-state index in [1.165, 1.54) is 17.8 Å². The molecule has 1 amide bonds. The second-order valence-corrected chi connectivity index (χ2v) is 8.53. The average molecular weight is 499 g/mol. The Balaban J connectivity index is 0.00000304. The van der Waals surface area contributed by atoms with Crippen molar-refractivity contribution in [2.75, 3.05) is 5.43 Å². The number of halogens is 1. The van der Waals surface area contributed by atoms with Gasteiger partial charge in [0.25, 0.3) is 5.91 Å². The molecule has 3 heterocycles. The predicted octanol–water partition coefficient (Wildman–Crippen LogP) is 6.21. The Bertz CT molecular complexity index is 1510. The number of nitrogens with one attached hydrogen (secondary N) is 3. The molecule has 36 heavy (non-hydrogen) atoms. The van der Waals surface area contributed by atoms with E-state index < -0.39 is 11.7 Å². The number of hydrazine groups is 1. The molecule has 9 heteroatoms. The van der Waals surface area contributed by atoms with E-state index in [4.69, 9.17) is 0 Å². The molecular weight excluding hydrogens is 475 g/mol. The highest BCUT2D eigenvalue weighted by atomic mass is 32.2. The molecule has 3 aromatic heterocycles. The zero-order chi connectivity index (χ0) is 24.0. The van der Waals surface area contributed by atoms with Crippen molar-refractivity contribution < 1.29 is 9.18 Å². The molecule has 0 aliphatic heterocycles. The number of aromatic nitrogens is 4. The zero-order valence-corrected chi connectivity index (χ0v) is 19.1. The van der Waals surface area contributed by atoms with Gasteiger partial charge in [-0.1, -0.05) is 37.4 Å². The minimum absolute atomic E-state index is 0. The summed E-state index contributed by atoms with van der Waals surface area (Å²) >= 11 is 1.29. The van der Waals surface area contributed by atoms with Crippen LogP contribution < -0.4 is 10.9 Å². The highest BCUT2D eigenvalue weighted by Gasteiger charge is 2.18. The Morgan fingerprint density at radius 3 is 2.56 bits per heavy atom. The Hall–Kier alpha value is -4.50. The number of hydrogen-bond donors (Lipinski definition) is 3. The number of rotatable bonds is 7. The lowest BCUT2D eigenvalue weighted by molar-refractivity contribution is 0.0955. The standard InChI is InChI=1S/C26H19FN6OS.CH4/c27-20-7-5-8-23(25(20)26(34)33-32-24-9-2-4-15-29-24)35-18-11-12-19-21(30-31-22(19)16-18)13-10-17-6-1-3-14-28-17;/h1-16H,(H,29,32)(H,30,31)(H,33,34);1H4/b13-10+;. The number of fused-ring (bicyclic) bond motifs is 1. The lowest BCUT2D eigenvalue weighted by Crippen LogP contribution is -2.30. The zero-order valence-electron chi connectivity index (χ0n) is 18.3. The number of pyridine rings is 2. The van der Waals surface area contributed by atoms with Crippen molar-refractivity contribution in [3.63, 3.8) is 0 Å². The third-order valence-corrected chi connectivity index (χ3v) is 6.11. The minimum atomic E-state index is -0.611. The fourth-order valence-corrected chi connectivity index (χ4v) is 4.41. The van der Waals surface area contributed by atoms with E-state index in [0.717, 1.165) is 27.2 Å². The average Bonchev–Trinajstić information content (AvgIpc) is 3.29. The first-order chi connectivity index (χ1) is 17.2. The van der Waals surface area contributed by atoms with Crippen molar-refractivity contribution in [3.05, 3.63) is 108 Å². The summed E-state index contributed by atoms with van der Waals surface area (Å²) in [7, 11) is 0. The van der Waals surface area contributed by atoms with Crippen LogP contribution in [0.3, 0.4) is 0 Å². The van der Waals surface area contributed by atoms with Crippen LogP contribution in [0.15, 0.2) is 95.0 Å². The van der Waals surface area contributed by atoms with Gasteiger partial charge in [0, 0.05) is 27.6 Å². The molecule has 0 atom stereocenters. The maximum atomic E-state index is 14.7. The molecule has 0 aliphatic rings. The maximum absolute atomic E-state index is 14.7. The molecule has 0 fully saturated rings. The van der Waals surface area contributed by atoms with E-state index >= 15 is 0 Å². The Labute approximate surface area is 211 Å². The summed E-state index contributed by atoms with van der Waals surface area (Å²) in [5.41, 5.74) is 7.61. The first-order valence-electron chi connectivity index (χ1n) is 10.7. The van der Waals surface area contributed by atoms with Gasteiger partial charge in [-0.3, -0.25) is 25.7 Å². The fraction of sp³-hybridized carbons (Fsp3) is 0.0370. The van der Waals surface area contributed by atoms with Crippen molar-refractivity contribution in [1.29, 1.82) is 0 Å². The number of aromatic amines is 1. The van der Waals surface area contributed by atoms with Crippen LogP contribution in [-0.4, -0.2) is 26.1 Å². The van der Waals surface area contributed by atoms with Crippen molar-refractivity contribution in [2.45, 2.75) is 17.2 Å². The minimum Gasteiger partial charge on any atom is -0.282 e. The molecule has 0 saturated heterocycles. The van der Waals surface area contributed by atoms with Crippen molar-refractivity contribution in [3.8, 4) is 0 Å². The lowest BCUT2D eigenvalue weighted by atomic mass is 10.2. The summed E-state index contributed by atoms with van der Waals surface area (Å²) in [5, 5.41) is 8.36. The molecule has 0 unspecified atom stereocenters. The van der Waals surface area contributed by atoms with Crippen molar-refractivity contribution in [1.82, 2.24) is 25.6 Å². The normalized spacial score (nSPS) is 10.8. The molecular formula is C27H23FN6OS. The summed E-state index contributed by atoms with van der Waals surface area (Å²) in [6.45, 7) is 0. The quantitative estimate of drug-likeness (QED) is 0.231. The molecule has 7 nitrogen and oxygen atoms in total. The number of H-pyrrole nitrogens is 1. The van der Waals surface area contributed by atoms with Gasteiger partial charge in [0.1, 0.15) is 11.6 Å². The monoisotopic (exact) mass is 498 g/mol. The maximum Gasteiger partial charge on any atom is 0.273 e. The Morgan fingerprint density at radius 2 is 1.78 bits per heavy atom. The molecule has 0 saturated carbocycles. The van der Waals surface area contributed by atoms with Gasteiger partial charge in [-0.2, -0.15) is 5.10 Å². The van der Waals surface area contributed by atoms with Crippen LogP contribution in [0.25, 0.3) is 23.1 Å². The van der Waals surface area contributed by atoms with E-state index in [9.17, 15) is 9.18 Å². The first kappa shape index (κ1) is 24.6. The number of amides is 1. The van der Waals surface area contributed by atoms with Crippen LogP contribution in [0.4, 0.5) is 10.2 Å². The van der Waals surface area contributed by atoms with Gasteiger partial charge in [-0.05, 0) is 66.7 Å². The molecule has 0 bridgehead atoms. The summed E-state index contributed by atoms with van der Waals surface area (Å²) in [6, 6.07) is 21.3. The van der Waals surface area contributed by atoms with E-state index in [1.54, 1.807) is 42.7 Å². The smallest absolute Gasteiger partial charge is 0.273 e. The third-order valence-electron chi connectivity index (χ3n) is 5.06. The van der Waals surface area contributed by atoms with Crippen molar-refractivity contribution >= 4 is 46.5 Å². The van der Waals surface area contributed by atoms with Gasteiger partial charge in [-0.25, -0.2) is 9.37 Å². The number of hydrogen-bond acceptors (Lipinski definition) is 6. The largest absolute Gasteiger partial charge is 0.282 e. The van der Waals surface area contributed by atoms with Gasteiger partial charge in [0.2, 0.25) is 0 Å². The highest BCUT2D eigenvalue weighted by molar-refractivity contribution is 7.99. The molecule has 2 aromatic carbocycles. The summed E-state index contributed by atoms with van der Waals surface area (Å²) in [4.78, 5) is 22.4. The van der Waals surface area contributed by atoms with E-state index in [-0.39, 0.29) is 13.0 Å². The second kappa shape index (κ2) is 11.3. The van der Waals surface area contributed by atoms with Gasteiger partial charge in [0.05, 0.1) is 22.5 Å². The SMILES string of the molecule is C.O=C(NNc1ccccn1)c1c(F)cccc1Sc1ccc2c(/C=C/c3ccccn3)n[nH]c2c1. The first-order valence-corrected chi connectivity index (χ1v) is 11.5. The van der Waals surface area contributed by atoms with Gasteiger partial charge < -0.3 is 0 Å². The van der Waals surface area contributed by atoms with E-state index in [1.807, 2.05) is 48.6 Å². The predicted molar refractivity (Wildman–Crippen MR) is 142 cm³/mol. The lowest BCUT2D eigenvalue weighted by Gasteiger charge is -2.12. The van der Waals surface area contributed by atoms with Gasteiger partial charge >= 0.3 is 0 Å². The van der Waals surface area contributed by atoms with Crippen LogP contribution in [0, 0.1) is 5.82 Å². The van der Waals surface area contributed by atoms with E-state index in [0.29, 0.717) is 10.7 Å². The molecule has 0 aliphatic carbocycles. The van der Waals surface area contributed by atoms with Gasteiger partial charge in [-0.15, -0.1) is 0 Å². The fourth-order valence-electron chi connectivity index (χ4n) is 3.41. The van der Waals surface area contributed by atoms with E-state index in [2.05, 4.69) is 31.0 Å². The number of anilines is 1. The summed E-state index contributed by atoms with van der Waals surface area (Å²) < 4.78 is 14.7. The molecule has 0 radical (unpaired) electrons. The molecule has 3 N–H and O–H groups in total. The van der Waals surface area contributed by atoms with Crippen LogP contribution in [0.2, 0.25) is 0 Å². The third kappa shape index (κ3) is 5.59. The van der Waals surface area contributed by atoms with Gasteiger partial charge in [0.15, 0.2) is 0 Å². The highest BCUT2D eigenvalue weighted by Crippen LogP contribution is 2.33. The van der Waals surface area contributed by atoms with Crippen molar-refractivity contribution in [2.24, 2.45) is 0 Å². The molecule has 5 aromatic rings. The molecule has 5 rings (SSSR count). The molecule has 0 spiro atoms. The topological polar surface area (TPSA) is 95.6 Å². The van der Waals surface area contributed by atoms with Crippen LogP contribution in [0.5, 0.6) is 0 Å². The number of nitrogens with zero attached hydrogens (tertiary/aromatic N) is 3. The number of carbonyl (C=O) groups is 1. The summed E-state index contributed by atoms with van der Waals surface area (Å²) in [6.07, 6.45) is 7.12. The van der Waals surface area contributed by atoms with Crippen LogP contribution >= 0.6 is 11.8 Å². The number of benzene rings is 2. The second-order valence-electron chi connectivity index (χ2n) is 7.41.